The van der Waals surface area contributed by atoms with Crippen LogP contribution in [-0.4, -0.2) is 9.97 Å². The first-order chi connectivity index (χ1) is 9.60. The van der Waals surface area contributed by atoms with Gasteiger partial charge in [-0.1, -0.05) is 29.8 Å². The molecule has 0 fully saturated rings. The molecule has 0 aliphatic carbocycles. The van der Waals surface area contributed by atoms with E-state index in [0.717, 1.165) is 21.6 Å². The van der Waals surface area contributed by atoms with E-state index in [1.54, 1.807) is 11.3 Å². The van der Waals surface area contributed by atoms with Gasteiger partial charge in [0.2, 0.25) is 0 Å². The molecule has 3 rings (SSSR count). The first-order valence-corrected chi connectivity index (χ1v) is 7.23. The third-order valence-corrected chi connectivity index (χ3v) is 4.32. The first kappa shape index (κ1) is 13.0. The number of anilines is 1. The van der Waals surface area contributed by atoms with Crippen LogP contribution in [0.5, 0.6) is 0 Å². The summed E-state index contributed by atoms with van der Waals surface area (Å²) in [5.41, 5.74) is 6.28. The van der Waals surface area contributed by atoms with E-state index in [0.29, 0.717) is 5.82 Å². The number of nitrogen functional groups attached to an aromatic ring is 1. The average molecular weight is 284 g/mol. The Labute approximate surface area is 121 Å². The highest BCUT2D eigenvalue weighted by molar-refractivity contribution is 7.19. The maximum Gasteiger partial charge on any atom is 0.153 e. The summed E-state index contributed by atoms with van der Waals surface area (Å²) >= 11 is 1.67. The number of aryl methyl sites for hydroxylation is 3. The molecule has 2 heterocycles. The number of fused-ring (bicyclic) bond motifs is 1. The van der Waals surface area contributed by atoms with E-state index in [4.69, 9.17) is 5.84 Å². The van der Waals surface area contributed by atoms with Gasteiger partial charge in [-0.25, -0.2) is 15.8 Å². The lowest BCUT2D eigenvalue weighted by atomic mass is 10.0. The van der Waals surface area contributed by atoms with Crippen LogP contribution in [0.15, 0.2) is 24.3 Å². The van der Waals surface area contributed by atoms with Gasteiger partial charge >= 0.3 is 0 Å². The Morgan fingerprint density at radius 3 is 2.40 bits per heavy atom. The Bertz CT molecular complexity index is 775. The van der Waals surface area contributed by atoms with Gasteiger partial charge in [-0.15, -0.1) is 11.3 Å². The molecule has 0 atom stereocenters. The number of nitrogens with two attached hydrogens (primary N) is 1. The predicted octanol–water partition coefficient (Wildman–Crippen LogP) is 3.57. The Morgan fingerprint density at radius 2 is 1.75 bits per heavy atom. The first-order valence-electron chi connectivity index (χ1n) is 6.41. The maximum absolute atomic E-state index is 5.63. The molecule has 0 aliphatic rings. The van der Waals surface area contributed by atoms with Gasteiger partial charge in [0.05, 0.1) is 5.39 Å². The summed E-state index contributed by atoms with van der Waals surface area (Å²) in [7, 11) is 0. The van der Waals surface area contributed by atoms with E-state index in [1.807, 2.05) is 6.92 Å². The van der Waals surface area contributed by atoms with Crippen LogP contribution in [0.25, 0.3) is 21.3 Å². The van der Waals surface area contributed by atoms with Crippen molar-refractivity contribution in [2.24, 2.45) is 5.84 Å². The zero-order valence-corrected chi connectivity index (χ0v) is 12.5. The number of aromatic nitrogens is 2. The van der Waals surface area contributed by atoms with Gasteiger partial charge in [-0.2, -0.15) is 0 Å². The fourth-order valence-electron chi connectivity index (χ4n) is 2.39. The topological polar surface area (TPSA) is 63.8 Å². The quantitative estimate of drug-likeness (QED) is 0.558. The Hall–Kier alpha value is -1.98. The van der Waals surface area contributed by atoms with Crippen molar-refractivity contribution in [2.45, 2.75) is 20.8 Å². The molecule has 0 saturated carbocycles. The smallest absolute Gasteiger partial charge is 0.153 e. The summed E-state index contributed by atoms with van der Waals surface area (Å²) in [5.74, 6) is 7.04. The van der Waals surface area contributed by atoms with Gasteiger partial charge in [-0.05, 0) is 26.3 Å². The largest absolute Gasteiger partial charge is 0.308 e. The van der Waals surface area contributed by atoms with Crippen LogP contribution in [0, 0.1) is 20.8 Å². The molecular weight excluding hydrogens is 268 g/mol. The van der Waals surface area contributed by atoms with Crippen LogP contribution in [-0.2, 0) is 0 Å². The molecule has 1 aromatic carbocycles. The van der Waals surface area contributed by atoms with Crippen LogP contribution in [0.1, 0.15) is 16.3 Å². The van der Waals surface area contributed by atoms with Crippen LogP contribution >= 0.6 is 11.3 Å². The molecule has 0 amide bonds. The predicted molar refractivity (Wildman–Crippen MR) is 84.9 cm³/mol. The van der Waals surface area contributed by atoms with Crippen LogP contribution in [0.3, 0.4) is 0 Å². The number of thiophene rings is 1. The lowest BCUT2D eigenvalue weighted by Crippen LogP contribution is -2.10. The highest BCUT2D eigenvalue weighted by atomic mass is 32.1. The number of benzene rings is 1. The summed E-state index contributed by atoms with van der Waals surface area (Å²) in [5, 5.41) is 1.00. The van der Waals surface area contributed by atoms with Crippen molar-refractivity contribution in [1.29, 1.82) is 0 Å². The molecule has 2 aromatic heterocycles. The van der Waals surface area contributed by atoms with Gasteiger partial charge in [0.25, 0.3) is 0 Å². The standard InChI is InChI=1S/C15H16N4S/c1-8-4-6-11(7-5-8)12-9(2)20-15-13(12)14(19-16)17-10(3)18-15/h4-7H,16H2,1-3H3,(H,17,18,19). The van der Waals surface area contributed by atoms with Gasteiger partial charge in [0.1, 0.15) is 10.7 Å². The molecule has 102 valence electrons. The number of rotatable bonds is 2. The van der Waals surface area contributed by atoms with E-state index in [-0.39, 0.29) is 0 Å². The third kappa shape index (κ3) is 2.05. The minimum atomic E-state index is 0.687. The number of nitrogens with one attached hydrogen (secondary N) is 1. The van der Waals surface area contributed by atoms with Crippen LogP contribution < -0.4 is 11.3 Å². The van der Waals surface area contributed by atoms with E-state index >= 15 is 0 Å². The highest BCUT2D eigenvalue weighted by Gasteiger charge is 2.17. The van der Waals surface area contributed by atoms with Crippen LogP contribution in [0.4, 0.5) is 5.82 Å². The SMILES string of the molecule is Cc1ccc(-c2c(C)sc3nc(C)nc(NN)c23)cc1. The Kier molecular flexibility index (Phi) is 3.16. The lowest BCUT2D eigenvalue weighted by Gasteiger charge is -2.07. The molecule has 3 N–H and O–H groups in total. The second kappa shape index (κ2) is 4.85. The van der Waals surface area contributed by atoms with E-state index in [9.17, 15) is 0 Å². The number of hydrogen-bond donors (Lipinski definition) is 2. The molecule has 5 heteroatoms. The van der Waals surface area contributed by atoms with E-state index < -0.39 is 0 Å². The molecule has 0 saturated heterocycles. The third-order valence-electron chi connectivity index (χ3n) is 3.32. The molecule has 0 spiro atoms. The van der Waals surface area contributed by atoms with E-state index in [1.165, 1.54) is 16.0 Å². The van der Waals surface area contributed by atoms with E-state index in [2.05, 4.69) is 53.5 Å². The molecule has 20 heavy (non-hydrogen) atoms. The molecule has 0 bridgehead atoms. The lowest BCUT2D eigenvalue weighted by molar-refractivity contribution is 1.09. The van der Waals surface area contributed by atoms with Gasteiger partial charge in [0, 0.05) is 10.4 Å². The zero-order chi connectivity index (χ0) is 14.3. The van der Waals surface area contributed by atoms with Crippen molar-refractivity contribution in [3.05, 3.63) is 40.5 Å². The molecule has 0 radical (unpaired) electrons. The van der Waals surface area contributed by atoms with Crippen molar-refractivity contribution in [2.75, 3.05) is 5.43 Å². The van der Waals surface area contributed by atoms with Gasteiger partial charge < -0.3 is 5.43 Å². The Balaban J connectivity index is 2.35. The summed E-state index contributed by atoms with van der Waals surface area (Å²) in [4.78, 5) is 11.1. The minimum Gasteiger partial charge on any atom is -0.308 e. The average Bonchev–Trinajstić information content (AvgIpc) is 2.74. The van der Waals surface area contributed by atoms with Gasteiger partial charge in [0.15, 0.2) is 5.82 Å². The number of hydrazine groups is 1. The van der Waals surface area contributed by atoms with Crippen molar-refractivity contribution in [3.8, 4) is 11.1 Å². The monoisotopic (exact) mass is 284 g/mol. The van der Waals surface area contributed by atoms with Crippen molar-refractivity contribution in [3.63, 3.8) is 0 Å². The minimum absolute atomic E-state index is 0.687. The highest BCUT2D eigenvalue weighted by Crippen LogP contribution is 2.40. The summed E-state index contributed by atoms with van der Waals surface area (Å²) < 4.78 is 0. The Morgan fingerprint density at radius 1 is 1.05 bits per heavy atom. The summed E-state index contributed by atoms with van der Waals surface area (Å²) in [6, 6.07) is 8.49. The van der Waals surface area contributed by atoms with Crippen molar-refractivity contribution >= 4 is 27.4 Å². The second-order valence-corrected chi connectivity index (χ2v) is 6.05. The van der Waals surface area contributed by atoms with Crippen molar-refractivity contribution in [1.82, 2.24) is 9.97 Å². The molecule has 0 aliphatic heterocycles. The van der Waals surface area contributed by atoms with Gasteiger partial charge in [-0.3, -0.25) is 0 Å². The number of nitrogens with zero attached hydrogens (tertiary/aromatic N) is 2. The zero-order valence-electron chi connectivity index (χ0n) is 11.7. The van der Waals surface area contributed by atoms with Crippen molar-refractivity contribution < 1.29 is 0 Å². The molecule has 4 nitrogen and oxygen atoms in total. The number of hydrogen-bond acceptors (Lipinski definition) is 5. The molecule has 0 unspecified atom stereocenters. The molecule has 3 aromatic rings. The summed E-state index contributed by atoms with van der Waals surface area (Å²) in [6.45, 7) is 6.07. The fraction of sp³-hybridized carbons (Fsp3) is 0.200. The summed E-state index contributed by atoms with van der Waals surface area (Å²) in [6.07, 6.45) is 0. The van der Waals surface area contributed by atoms with Crippen LogP contribution in [0.2, 0.25) is 0 Å². The second-order valence-electron chi connectivity index (χ2n) is 4.84. The molecular formula is C15H16N4S. The fourth-order valence-corrected chi connectivity index (χ4v) is 3.48. The maximum atomic E-state index is 5.63. The normalized spacial score (nSPS) is 11.0.